The highest BCUT2D eigenvalue weighted by Gasteiger charge is 2.13. The average molecular weight is 326 g/mol. The maximum Gasteiger partial charge on any atom is 0.231 e. The molecule has 0 spiro atoms. The van der Waals surface area contributed by atoms with Crippen molar-refractivity contribution < 1.29 is 9.47 Å². The van der Waals surface area contributed by atoms with Gasteiger partial charge in [0.25, 0.3) is 0 Å². The van der Waals surface area contributed by atoms with E-state index in [4.69, 9.17) is 21.7 Å². The van der Waals surface area contributed by atoms with Crippen molar-refractivity contribution in [1.82, 2.24) is 10.6 Å². The molecule has 1 aliphatic rings. The average Bonchev–Trinajstić information content (AvgIpc) is 2.87. The van der Waals surface area contributed by atoms with E-state index in [0.717, 1.165) is 29.4 Å². The Balaban J connectivity index is 1.67. The van der Waals surface area contributed by atoms with Crippen LogP contribution in [0.4, 0.5) is 0 Å². The van der Waals surface area contributed by atoms with Gasteiger partial charge in [0.1, 0.15) is 0 Å². The van der Waals surface area contributed by atoms with Crippen molar-refractivity contribution in [2.24, 2.45) is 0 Å². The van der Waals surface area contributed by atoms with Crippen molar-refractivity contribution >= 4 is 29.1 Å². The van der Waals surface area contributed by atoms with Gasteiger partial charge in [0.15, 0.2) is 16.6 Å². The lowest BCUT2D eigenvalue weighted by atomic mass is 10.2. The van der Waals surface area contributed by atoms with Crippen LogP contribution in [0.5, 0.6) is 11.5 Å². The molecule has 0 fully saturated rings. The Morgan fingerprint density at radius 1 is 1.24 bits per heavy atom. The molecule has 0 aromatic heterocycles. The van der Waals surface area contributed by atoms with Crippen molar-refractivity contribution in [2.45, 2.75) is 32.1 Å². The highest BCUT2D eigenvalue weighted by Crippen LogP contribution is 2.32. The first-order valence-corrected chi connectivity index (χ1v) is 8.38. The number of nitrogens with one attached hydrogen (secondary N) is 2. The van der Waals surface area contributed by atoms with Crippen LogP contribution in [-0.4, -0.2) is 29.0 Å². The predicted molar refractivity (Wildman–Crippen MR) is 92.2 cm³/mol. The molecule has 4 nitrogen and oxygen atoms in total. The Labute approximate surface area is 136 Å². The van der Waals surface area contributed by atoms with Crippen LogP contribution >= 0.6 is 24.0 Å². The summed E-state index contributed by atoms with van der Waals surface area (Å²) in [6.07, 6.45) is 0. The zero-order chi connectivity index (χ0) is 15.3. The molecule has 21 heavy (non-hydrogen) atoms. The number of fused-ring (bicyclic) bond motifs is 1. The van der Waals surface area contributed by atoms with Crippen molar-refractivity contribution in [3.05, 3.63) is 23.8 Å². The molecule has 6 heteroatoms. The first kappa shape index (κ1) is 16.2. The standard InChI is InChI=1S/C15H22N2O2S2/c1-15(2,3)21-7-6-16-14(20)17-9-11-4-5-12-13(8-11)19-10-18-12/h4-5,8H,6-7,9-10H2,1-3H3,(H2,16,17,20). The molecule has 2 N–H and O–H groups in total. The quantitative estimate of drug-likeness (QED) is 0.641. The summed E-state index contributed by atoms with van der Waals surface area (Å²) in [4.78, 5) is 0. The molecular formula is C15H22N2O2S2. The first-order valence-electron chi connectivity index (χ1n) is 6.98. The fourth-order valence-corrected chi connectivity index (χ4v) is 2.81. The van der Waals surface area contributed by atoms with Crippen LogP contribution in [0.3, 0.4) is 0 Å². The minimum Gasteiger partial charge on any atom is -0.454 e. The lowest BCUT2D eigenvalue weighted by molar-refractivity contribution is 0.174. The number of ether oxygens (including phenoxy) is 2. The van der Waals surface area contributed by atoms with Crippen molar-refractivity contribution in [3.8, 4) is 11.5 Å². The first-order chi connectivity index (χ1) is 9.94. The van der Waals surface area contributed by atoms with Gasteiger partial charge in [-0.25, -0.2) is 0 Å². The number of benzene rings is 1. The van der Waals surface area contributed by atoms with Gasteiger partial charge in [-0.15, -0.1) is 0 Å². The third-order valence-electron chi connectivity index (χ3n) is 2.81. The minimum absolute atomic E-state index is 0.295. The second-order valence-electron chi connectivity index (χ2n) is 5.76. The molecule has 0 amide bonds. The van der Waals surface area contributed by atoms with E-state index in [1.165, 1.54) is 0 Å². The van der Waals surface area contributed by atoms with Gasteiger partial charge in [-0.2, -0.15) is 11.8 Å². The van der Waals surface area contributed by atoms with Crippen LogP contribution in [0.25, 0.3) is 0 Å². The molecular weight excluding hydrogens is 304 g/mol. The predicted octanol–water partition coefficient (Wildman–Crippen LogP) is 2.91. The monoisotopic (exact) mass is 326 g/mol. The van der Waals surface area contributed by atoms with Crippen LogP contribution < -0.4 is 20.1 Å². The summed E-state index contributed by atoms with van der Waals surface area (Å²) < 4.78 is 10.9. The van der Waals surface area contributed by atoms with Crippen molar-refractivity contribution in [2.75, 3.05) is 19.1 Å². The fraction of sp³-hybridized carbons (Fsp3) is 0.533. The molecule has 0 atom stereocenters. The third-order valence-corrected chi connectivity index (χ3v) is 4.38. The van der Waals surface area contributed by atoms with Crippen LogP contribution in [-0.2, 0) is 6.54 Å². The van der Waals surface area contributed by atoms with Gasteiger partial charge in [-0.3, -0.25) is 0 Å². The number of thioether (sulfide) groups is 1. The topological polar surface area (TPSA) is 42.5 Å². The zero-order valence-electron chi connectivity index (χ0n) is 12.7. The van der Waals surface area contributed by atoms with E-state index in [1.807, 2.05) is 30.0 Å². The Hall–Kier alpha value is -1.14. The summed E-state index contributed by atoms with van der Waals surface area (Å²) in [6.45, 7) is 8.50. The maximum absolute atomic E-state index is 5.36. The number of hydrogen-bond acceptors (Lipinski definition) is 4. The van der Waals surface area contributed by atoms with Crippen LogP contribution in [0.15, 0.2) is 18.2 Å². The highest BCUT2D eigenvalue weighted by atomic mass is 32.2. The van der Waals surface area contributed by atoms with Crippen LogP contribution in [0.2, 0.25) is 0 Å². The van der Waals surface area contributed by atoms with Crippen LogP contribution in [0, 0.1) is 0 Å². The lowest BCUT2D eigenvalue weighted by Gasteiger charge is -2.18. The van der Waals surface area contributed by atoms with E-state index in [1.54, 1.807) is 0 Å². The summed E-state index contributed by atoms with van der Waals surface area (Å²) in [5, 5.41) is 7.11. The largest absolute Gasteiger partial charge is 0.454 e. The minimum atomic E-state index is 0.295. The normalized spacial score (nSPS) is 13.1. The molecule has 0 saturated heterocycles. The SMILES string of the molecule is CC(C)(C)SCCNC(=S)NCc1ccc2c(c1)OCO2. The number of hydrogen-bond donors (Lipinski definition) is 2. The molecule has 1 aliphatic heterocycles. The molecule has 0 aliphatic carbocycles. The molecule has 0 saturated carbocycles. The second-order valence-corrected chi connectivity index (χ2v) is 8.09. The Morgan fingerprint density at radius 2 is 2.00 bits per heavy atom. The second kappa shape index (κ2) is 7.22. The van der Waals surface area contributed by atoms with E-state index in [-0.39, 0.29) is 0 Å². The van der Waals surface area contributed by atoms with Gasteiger partial charge < -0.3 is 20.1 Å². The van der Waals surface area contributed by atoms with Crippen molar-refractivity contribution in [1.29, 1.82) is 0 Å². The van der Waals surface area contributed by atoms with Gasteiger partial charge in [-0.1, -0.05) is 26.8 Å². The number of thiocarbonyl (C=S) groups is 1. The third kappa shape index (κ3) is 5.63. The summed E-state index contributed by atoms with van der Waals surface area (Å²) in [6, 6.07) is 5.92. The van der Waals surface area contributed by atoms with Gasteiger partial charge in [0.2, 0.25) is 6.79 Å². The molecule has 0 radical (unpaired) electrons. The molecule has 1 heterocycles. The zero-order valence-corrected chi connectivity index (χ0v) is 14.3. The van der Waals surface area contributed by atoms with Gasteiger partial charge in [-0.05, 0) is 29.9 Å². The Kier molecular flexibility index (Phi) is 5.58. The smallest absolute Gasteiger partial charge is 0.231 e. The Bertz CT molecular complexity index is 501. The summed E-state index contributed by atoms with van der Waals surface area (Å²) in [5.41, 5.74) is 1.12. The molecule has 1 aromatic carbocycles. The van der Waals surface area contributed by atoms with Gasteiger partial charge >= 0.3 is 0 Å². The lowest BCUT2D eigenvalue weighted by Crippen LogP contribution is -2.36. The summed E-state index contributed by atoms with van der Waals surface area (Å²) >= 11 is 7.20. The van der Waals surface area contributed by atoms with E-state index < -0.39 is 0 Å². The molecule has 0 unspecified atom stereocenters. The Morgan fingerprint density at radius 3 is 2.76 bits per heavy atom. The number of rotatable bonds is 5. The molecule has 1 aromatic rings. The van der Waals surface area contributed by atoms with E-state index in [2.05, 4.69) is 31.4 Å². The van der Waals surface area contributed by atoms with Gasteiger partial charge in [0.05, 0.1) is 0 Å². The fourth-order valence-electron chi connectivity index (χ4n) is 1.82. The molecule has 116 valence electrons. The molecule has 0 bridgehead atoms. The van der Waals surface area contributed by atoms with Gasteiger partial charge in [0, 0.05) is 23.6 Å². The van der Waals surface area contributed by atoms with Crippen molar-refractivity contribution in [3.63, 3.8) is 0 Å². The summed E-state index contributed by atoms with van der Waals surface area (Å²) in [5.74, 6) is 2.64. The maximum atomic E-state index is 5.36. The van der Waals surface area contributed by atoms with E-state index >= 15 is 0 Å². The summed E-state index contributed by atoms with van der Waals surface area (Å²) in [7, 11) is 0. The highest BCUT2D eigenvalue weighted by molar-refractivity contribution is 8.00. The molecule has 2 rings (SSSR count). The van der Waals surface area contributed by atoms with E-state index in [9.17, 15) is 0 Å². The van der Waals surface area contributed by atoms with E-state index in [0.29, 0.717) is 23.2 Å². The van der Waals surface area contributed by atoms with Crippen LogP contribution in [0.1, 0.15) is 26.3 Å².